The number of carbonyl (C=O) groups excluding carboxylic acids is 2. The molecule has 0 saturated carbocycles. The van der Waals surface area contributed by atoms with Gasteiger partial charge in [0.15, 0.2) is 0 Å². The quantitative estimate of drug-likeness (QED) is 0.583. The Morgan fingerprint density at radius 2 is 1.78 bits per heavy atom. The van der Waals surface area contributed by atoms with E-state index in [1.54, 1.807) is 4.90 Å². The normalized spacial score (nSPS) is 13.9. The topological polar surface area (TPSA) is 78.4 Å². The molecule has 1 fully saturated rings. The highest BCUT2D eigenvalue weighted by Crippen LogP contribution is 2.20. The number of piperazine rings is 1. The maximum atomic E-state index is 12.7. The van der Waals surface area contributed by atoms with Gasteiger partial charge < -0.3 is 15.1 Å². The van der Waals surface area contributed by atoms with E-state index in [1.807, 2.05) is 66.4 Å². The minimum Gasteiger partial charge on any atom is -0.335 e. The molecule has 32 heavy (non-hydrogen) atoms. The number of aryl methyl sites for hydroxylation is 1. The third-order valence-electron chi connectivity index (χ3n) is 5.25. The Hall–Kier alpha value is -3.45. The van der Waals surface area contributed by atoms with Crippen LogP contribution in [0.4, 0.5) is 11.8 Å². The Morgan fingerprint density at radius 3 is 2.50 bits per heavy atom. The molecule has 0 bridgehead atoms. The van der Waals surface area contributed by atoms with E-state index in [9.17, 15) is 9.59 Å². The molecule has 8 heteroatoms. The molecule has 4 rings (SSSR count). The first-order chi connectivity index (χ1) is 15.5. The summed E-state index contributed by atoms with van der Waals surface area (Å²) in [6, 6.07) is 19.2. The Bertz CT molecular complexity index is 1110. The first-order valence-corrected chi connectivity index (χ1v) is 10.8. The molecule has 0 unspecified atom stereocenters. The average Bonchev–Trinajstić information content (AvgIpc) is 2.77. The molecule has 2 amide bonds. The predicted molar refractivity (Wildman–Crippen MR) is 125 cm³/mol. The lowest BCUT2D eigenvalue weighted by molar-refractivity contribution is -0.131. The summed E-state index contributed by atoms with van der Waals surface area (Å²) < 4.78 is 0. The van der Waals surface area contributed by atoms with Crippen molar-refractivity contribution in [3.05, 3.63) is 82.5 Å². The van der Waals surface area contributed by atoms with Gasteiger partial charge in [-0.25, -0.2) is 4.98 Å². The number of nitrogens with one attached hydrogen (secondary N) is 1. The van der Waals surface area contributed by atoms with Crippen LogP contribution < -0.4 is 10.2 Å². The monoisotopic (exact) mass is 449 g/mol. The SMILES string of the molecule is Cc1ccc(CC(=O)Nc2cc(Cl)nc(N3CCN(Cc4ccccc4)C(=O)C3)n2)cc1. The molecule has 2 heterocycles. The van der Waals surface area contributed by atoms with Crippen molar-refractivity contribution in [3.8, 4) is 0 Å². The summed E-state index contributed by atoms with van der Waals surface area (Å²) in [4.78, 5) is 37.4. The van der Waals surface area contributed by atoms with Crippen molar-refractivity contribution >= 4 is 35.2 Å². The van der Waals surface area contributed by atoms with E-state index < -0.39 is 0 Å². The molecule has 1 aliphatic rings. The Morgan fingerprint density at radius 1 is 1.03 bits per heavy atom. The highest BCUT2D eigenvalue weighted by atomic mass is 35.5. The summed E-state index contributed by atoms with van der Waals surface area (Å²) in [6.45, 7) is 3.86. The largest absolute Gasteiger partial charge is 0.335 e. The maximum Gasteiger partial charge on any atom is 0.242 e. The molecule has 0 radical (unpaired) electrons. The molecule has 0 spiro atoms. The number of hydrogen-bond donors (Lipinski definition) is 1. The highest BCUT2D eigenvalue weighted by Gasteiger charge is 2.26. The zero-order chi connectivity index (χ0) is 22.5. The third-order valence-corrected chi connectivity index (χ3v) is 5.45. The molecule has 3 aromatic rings. The summed E-state index contributed by atoms with van der Waals surface area (Å²) in [5, 5.41) is 2.99. The minimum absolute atomic E-state index is 0.00589. The van der Waals surface area contributed by atoms with Crippen LogP contribution in [-0.2, 0) is 22.6 Å². The van der Waals surface area contributed by atoms with Crippen LogP contribution in [0.5, 0.6) is 0 Å². The molecular formula is C24H24ClN5O2. The fourth-order valence-electron chi connectivity index (χ4n) is 3.54. The molecule has 1 saturated heterocycles. The molecular weight excluding hydrogens is 426 g/mol. The van der Waals surface area contributed by atoms with Gasteiger partial charge >= 0.3 is 0 Å². The Kier molecular flexibility index (Phi) is 6.66. The number of carbonyl (C=O) groups is 2. The van der Waals surface area contributed by atoms with Crippen molar-refractivity contribution < 1.29 is 9.59 Å². The van der Waals surface area contributed by atoms with E-state index in [4.69, 9.17) is 11.6 Å². The lowest BCUT2D eigenvalue weighted by Crippen LogP contribution is -2.50. The van der Waals surface area contributed by atoms with Crippen molar-refractivity contribution in [2.24, 2.45) is 0 Å². The number of anilines is 2. The first kappa shape index (κ1) is 21.8. The van der Waals surface area contributed by atoms with Gasteiger partial charge in [-0.2, -0.15) is 4.98 Å². The van der Waals surface area contributed by atoms with E-state index in [0.717, 1.165) is 16.7 Å². The van der Waals surface area contributed by atoms with Gasteiger partial charge in [-0.05, 0) is 18.1 Å². The second-order valence-electron chi connectivity index (χ2n) is 7.81. The average molecular weight is 450 g/mol. The van der Waals surface area contributed by atoms with Gasteiger partial charge in [0.2, 0.25) is 17.8 Å². The van der Waals surface area contributed by atoms with E-state index >= 15 is 0 Å². The smallest absolute Gasteiger partial charge is 0.242 e. The number of halogens is 1. The maximum absolute atomic E-state index is 12.7. The zero-order valence-electron chi connectivity index (χ0n) is 17.8. The van der Waals surface area contributed by atoms with Gasteiger partial charge in [0.05, 0.1) is 6.42 Å². The van der Waals surface area contributed by atoms with E-state index in [0.29, 0.717) is 31.4 Å². The first-order valence-electron chi connectivity index (χ1n) is 10.4. The lowest BCUT2D eigenvalue weighted by Gasteiger charge is -2.34. The summed E-state index contributed by atoms with van der Waals surface area (Å²) >= 11 is 6.18. The van der Waals surface area contributed by atoms with Crippen LogP contribution in [0.15, 0.2) is 60.7 Å². The number of aromatic nitrogens is 2. The lowest BCUT2D eigenvalue weighted by atomic mass is 10.1. The van der Waals surface area contributed by atoms with Crippen molar-refractivity contribution in [3.63, 3.8) is 0 Å². The van der Waals surface area contributed by atoms with Gasteiger partial charge in [-0.3, -0.25) is 9.59 Å². The number of benzene rings is 2. The van der Waals surface area contributed by atoms with Crippen LogP contribution in [0, 0.1) is 6.92 Å². The number of amides is 2. The second-order valence-corrected chi connectivity index (χ2v) is 8.20. The van der Waals surface area contributed by atoms with E-state index in [-0.39, 0.29) is 29.9 Å². The van der Waals surface area contributed by atoms with Gasteiger partial charge in [0.25, 0.3) is 0 Å². The molecule has 1 aromatic heterocycles. The molecule has 1 aliphatic heterocycles. The Balaban J connectivity index is 1.39. The van der Waals surface area contributed by atoms with Crippen LogP contribution in [0.25, 0.3) is 0 Å². The fourth-order valence-corrected chi connectivity index (χ4v) is 3.72. The molecule has 0 atom stereocenters. The zero-order valence-corrected chi connectivity index (χ0v) is 18.5. The molecule has 2 aromatic carbocycles. The van der Waals surface area contributed by atoms with Gasteiger partial charge in [0, 0.05) is 25.7 Å². The standard InChI is InChI=1S/C24H24ClN5O2/c1-17-7-9-18(10-8-17)13-22(31)27-21-14-20(25)26-24(28-21)30-12-11-29(23(32)16-30)15-19-5-3-2-4-6-19/h2-10,14H,11-13,15-16H2,1H3,(H,26,27,28,31). The predicted octanol–water partition coefficient (Wildman–Crippen LogP) is 3.47. The summed E-state index contributed by atoms with van der Waals surface area (Å²) in [5.74, 6) is 0.444. The highest BCUT2D eigenvalue weighted by molar-refractivity contribution is 6.29. The van der Waals surface area contributed by atoms with Crippen molar-refractivity contribution in [1.29, 1.82) is 0 Å². The van der Waals surface area contributed by atoms with Crippen LogP contribution in [0.3, 0.4) is 0 Å². The molecule has 164 valence electrons. The van der Waals surface area contributed by atoms with Crippen LogP contribution >= 0.6 is 11.6 Å². The van der Waals surface area contributed by atoms with Crippen LogP contribution in [-0.4, -0.2) is 46.3 Å². The van der Waals surface area contributed by atoms with Gasteiger partial charge in [-0.15, -0.1) is 0 Å². The number of nitrogens with zero attached hydrogens (tertiary/aromatic N) is 4. The van der Waals surface area contributed by atoms with Crippen LogP contribution in [0.2, 0.25) is 5.15 Å². The van der Waals surface area contributed by atoms with E-state index in [1.165, 1.54) is 6.07 Å². The van der Waals surface area contributed by atoms with Crippen molar-refractivity contribution in [2.75, 3.05) is 29.9 Å². The van der Waals surface area contributed by atoms with Crippen molar-refractivity contribution in [2.45, 2.75) is 19.9 Å². The number of hydrogen-bond acceptors (Lipinski definition) is 5. The number of rotatable bonds is 6. The van der Waals surface area contributed by atoms with Gasteiger partial charge in [0.1, 0.15) is 17.5 Å². The van der Waals surface area contributed by atoms with Gasteiger partial charge in [-0.1, -0.05) is 71.8 Å². The van der Waals surface area contributed by atoms with E-state index in [2.05, 4.69) is 15.3 Å². The summed E-state index contributed by atoms with van der Waals surface area (Å²) in [7, 11) is 0. The molecule has 1 N–H and O–H groups in total. The summed E-state index contributed by atoms with van der Waals surface area (Å²) in [6.07, 6.45) is 0.230. The third kappa shape index (κ3) is 5.62. The molecule has 0 aliphatic carbocycles. The van der Waals surface area contributed by atoms with Crippen LogP contribution in [0.1, 0.15) is 16.7 Å². The molecule has 7 nitrogen and oxygen atoms in total. The second kappa shape index (κ2) is 9.78. The van der Waals surface area contributed by atoms with Crippen molar-refractivity contribution in [1.82, 2.24) is 14.9 Å². The fraction of sp³-hybridized carbons (Fsp3) is 0.250. The Labute approximate surface area is 192 Å². The minimum atomic E-state index is -0.196. The summed E-state index contributed by atoms with van der Waals surface area (Å²) in [5.41, 5.74) is 3.14.